The molecule has 29 heavy (non-hydrogen) atoms. The lowest BCUT2D eigenvalue weighted by atomic mass is 10.2. The number of amides is 1. The van der Waals surface area contributed by atoms with Gasteiger partial charge in [0.05, 0.1) is 18.7 Å². The summed E-state index contributed by atoms with van der Waals surface area (Å²) in [4.78, 5) is 25.5. The van der Waals surface area contributed by atoms with Crippen LogP contribution >= 0.6 is 0 Å². The number of hydrogen-bond donors (Lipinski definition) is 0. The van der Waals surface area contributed by atoms with Crippen LogP contribution in [-0.4, -0.2) is 43.6 Å². The first-order chi connectivity index (χ1) is 13.8. The summed E-state index contributed by atoms with van der Waals surface area (Å²) in [7, 11) is 2.89. The van der Waals surface area contributed by atoms with E-state index in [0.29, 0.717) is 16.9 Å². The van der Waals surface area contributed by atoms with E-state index in [1.165, 1.54) is 38.1 Å². The number of esters is 1. The SMILES string of the molecule is COc1ccc(CN(C)C(=O)COC(=O)C(C)Oc2ccc(C#N)cc2)cc1F. The summed E-state index contributed by atoms with van der Waals surface area (Å²) in [6, 6.07) is 12.6. The van der Waals surface area contributed by atoms with Crippen LogP contribution in [0.3, 0.4) is 0 Å². The number of methoxy groups -OCH3 is 1. The normalized spacial score (nSPS) is 11.1. The van der Waals surface area contributed by atoms with E-state index in [-0.39, 0.29) is 12.3 Å². The number of halogens is 1. The van der Waals surface area contributed by atoms with Crippen molar-refractivity contribution in [3.63, 3.8) is 0 Å². The Morgan fingerprint density at radius 3 is 2.48 bits per heavy atom. The van der Waals surface area contributed by atoms with Gasteiger partial charge in [-0.2, -0.15) is 5.26 Å². The van der Waals surface area contributed by atoms with E-state index in [2.05, 4.69) is 0 Å². The summed E-state index contributed by atoms with van der Waals surface area (Å²) >= 11 is 0. The van der Waals surface area contributed by atoms with Crippen molar-refractivity contribution in [2.24, 2.45) is 0 Å². The van der Waals surface area contributed by atoms with Crippen LogP contribution in [0.2, 0.25) is 0 Å². The molecule has 0 N–H and O–H groups in total. The number of carbonyl (C=O) groups excluding carboxylic acids is 2. The molecule has 2 rings (SSSR count). The van der Waals surface area contributed by atoms with Crippen molar-refractivity contribution in [3.05, 3.63) is 59.4 Å². The van der Waals surface area contributed by atoms with E-state index >= 15 is 0 Å². The van der Waals surface area contributed by atoms with E-state index in [9.17, 15) is 14.0 Å². The zero-order valence-electron chi connectivity index (χ0n) is 16.3. The minimum absolute atomic E-state index is 0.118. The maximum absolute atomic E-state index is 13.7. The summed E-state index contributed by atoms with van der Waals surface area (Å²) in [5.74, 6) is -1.15. The molecule has 0 radical (unpaired) electrons. The third-order valence-electron chi connectivity index (χ3n) is 4.03. The van der Waals surface area contributed by atoms with Gasteiger partial charge in [-0.3, -0.25) is 4.79 Å². The smallest absolute Gasteiger partial charge is 0.347 e. The molecule has 1 unspecified atom stereocenters. The van der Waals surface area contributed by atoms with Crippen LogP contribution in [0.5, 0.6) is 11.5 Å². The number of nitriles is 1. The molecule has 0 aliphatic heterocycles. The maximum Gasteiger partial charge on any atom is 0.347 e. The second kappa shape index (κ2) is 10.1. The Morgan fingerprint density at radius 2 is 1.90 bits per heavy atom. The fraction of sp³-hybridized carbons (Fsp3) is 0.286. The van der Waals surface area contributed by atoms with Gasteiger partial charge in [0.2, 0.25) is 0 Å². The van der Waals surface area contributed by atoms with Gasteiger partial charge in [-0.1, -0.05) is 6.07 Å². The van der Waals surface area contributed by atoms with Gasteiger partial charge in [-0.25, -0.2) is 9.18 Å². The van der Waals surface area contributed by atoms with Crippen molar-refractivity contribution in [2.75, 3.05) is 20.8 Å². The van der Waals surface area contributed by atoms with Crippen molar-refractivity contribution < 1.29 is 28.2 Å². The van der Waals surface area contributed by atoms with E-state index in [0.717, 1.165) is 0 Å². The summed E-state index contributed by atoms with van der Waals surface area (Å²) in [6.07, 6.45) is -0.934. The molecule has 7 nitrogen and oxygen atoms in total. The minimum Gasteiger partial charge on any atom is -0.494 e. The molecule has 0 aliphatic carbocycles. The molecule has 0 fully saturated rings. The highest BCUT2D eigenvalue weighted by Crippen LogP contribution is 2.18. The van der Waals surface area contributed by atoms with Crippen LogP contribution in [0.15, 0.2) is 42.5 Å². The van der Waals surface area contributed by atoms with Crippen LogP contribution in [0.1, 0.15) is 18.1 Å². The second-order valence-corrected chi connectivity index (χ2v) is 6.22. The lowest BCUT2D eigenvalue weighted by molar-refractivity contribution is -0.157. The monoisotopic (exact) mass is 400 g/mol. The molecule has 152 valence electrons. The summed E-state index contributed by atoms with van der Waals surface area (Å²) in [6.45, 7) is 1.18. The van der Waals surface area contributed by atoms with Crippen molar-refractivity contribution in [1.82, 2.24) is 4.90 Å². The number of nitrogens with zero attached hydrogens (tertiary/aromatic N) is 2. The Balaban J connectivity index is 1.82. The molecule has 2 aromatic carbocycles. The minimum atomic E-state index is -0.934. The Bertz CT molecular complexity index is 908. The molecule has 0 heterocycles. The average Bonchev–Trinajstić information content (AvgIpc) is 2.72. The number of benzene rings is 2. The molecule has 0 bridgehead atoms. The number of likely N-dealkylation sites (N-methyl/N-ethyl adjacent to an activating group) is 1. The molecular weight excluding hydrogens is 379 g/mol. The van der Waals surface area contributed by atoms with Gasteiger partial charge in [-0.05, 0) is 48.9 Å². The number of carbonyl (C=O) groups is 2. The first-order valence-corrected chi connectivity index (χ1v) is 8.74. The quantitative estimate of drug-likeness (QED) is 0.633. The van der Waals surface area contributed by atoms with Gasteiger partial charge < -0.3 is 19.1 Å². The molecule has 8 heteroatoms. The Hall–Kier alpha value is -3.60. The molecule has 1 amide bonds. The maximum atomic E-state index is 13.7. The fourth-order valence-corrected chi connectivity index (χ4v) is 2.39. The zero-order chi connectivity index (χ0) is 21.4. The number of rotatable bonds is 8. The third kappa shape index (κ3) is 6.21. The van der Waals surface area contributed by atoms with Gasteiger partial charge in [0.15, 0.2) is 24.3 Å². The Labute approximate surface area is 168 Å². The van der Waals surface area contributed by atoms with E-state index in [1.807, 2.05) is 6.07 Å². The van der Waals surface area contributed by atoms with Gasteiger partial charge in [-0.15, -0.1) is 0 Å². The second-order valence-electron chi connectivity index (χ2n) is 6.22. The molecule has 2 aromatic rings. The van der Waals surface area contributed by atoms with Crippen molar-refractivity contribution in [2.45, 2.75) is 19.6 Å². The van der Waals surface area contributed by atoms with Crippen LogP contribution < -0.4 is 9.47 Å². The molecule has 0 spiro atoms. The number of ether oxygens (including phenoxy) is 3. The van der Waals surface area contributed by atoms with Crippen LogP contribution in [0.25, 0.3) is 0 Å². The topological polar surface area (TPSA) is 88.9 Å². The molecule has 1 atom stereocenters. The fourth-order valence-electron chi connectivity index (χ4n) is 2.39. The third-order valence-corrected chi connectivity index (χ3v) is 4.03. The predicted octanol–water partition coefficient (Wildman–Crippen LogP) is 2.68. The van der Waals surface area contributed by atoms with Crippen molar-refractivity contribution >= 4 is 11.9 Å². The van der Waals surface area contributed by atoms with Gasteiger partial charge in [0.1, 0.15) is 5.75 Å². The average molecular weight is 400 g/mol. The highest BCUT2D eigenvalue weighted by Gasteiger charge is 2.19. The highest BCUT2D eigenvalue weighted by molar-refractivity contribution is 5.82. The van der Waals surface area contributed by atoms with Crippen molar-refractivity contribution in [1.29, 1.82) is 5.26 Å². The van der Waals surface area contributed by atoms with E-state index in [4.69, 9.17) is 19.5 Å². The van der Waals surface area contributed by atoms with E-state index < -0.39 is 30.4 Å². The van der Waals surface area contributed by atoms with E-state index in [1.54, 1.807) is 30.3 Å². The number of hydrogen-bond acceptors (Lipinski definition) is 6. The standard InChI is InChI=1S/C21H21FN2O5/c1-14(29-17-7-4-15(11-23)5-8-17)21(26)28-13-20(25)24(2)12-16-6-9-19(27-3)18(22)10-16/h4-10,14H,12-13H2,1-3H3. The lowest BCUT2D eigenvalue weighted by Crippen LogP contribution is -2.34. The summed E-state index contributed by atoms with van der Waals surface area (Å²) in [5, 5.41) is 8.77. The lowest BCUT2D eigenvalue weighted by Gasteiger charge is -2.19. The van der Waals surface area contributed by atoms with Crippen molar-refractivity contribution in [3.8, 4) is 17.6 Å². The van der Waals surface area contributed by atoms with Gasteiger partial charge in [0.25, 0.3) is 5.91 Å². The molecule has 0 saturated carbocycles. The Kier molecular flexibility index (Phi) is 7.54. The largest absolute Gasteiger partial charge is 0.494 e. The molecule has 0 aliphatic rings. The highest BCUT2D eigenvalue weighted by atomic mass is 19.1. The first-order valence-electron chi connectivity index (χ1n) is 8.74. The van der Waals surface area contributed by atoms with Gasteiger partial charge in [0, 0.05) is 13.6 Å². The molecule has 0 aromatic heterocycles. The summed E-state index contributed by atoms with van der Waals surface area (Å²) < 4.78 is 29.0. The van der Waals surface area contributed by atoms with Crippen LogP contribution in [0, 0.1) is 17.1 Å². The summed E-state index contributed by atoms with van der Waals surface area (Å²) in [5.41, 5.74) is 1.04. The van der Waals surface area contributed by atoms with Crippen LogP contribution in [0.4, 0.5) is 4.39 Å². The first kappa shape index (κ1) is 21.7. The zero-order valence-corrected chi connectivity index (χ0v) is 16.3. The Morgan fingerprint density at radius 1 is 1.21 bits per heavy atom. The predicted molar refractivity (Wildman–Crippen MR) is 102 cm³/mol. The molecular formula is C21H21FN2O5. The molecule has 0 saturated heterocycles. The van der Waals surface area contributed by atoms with Crippen LogP contribution in [-0.2, 0) is 20.9 Å². The van der Waals surface area contributed by atoms with Gasteiger partial charge >= 0.3 is 5.97 Å².